The second-order valence-corrected chi connectivity index (χ2v) is 4.48. The third kappa shape index (κ3) is 2.82. The summed E-state index contributed by atoms with van der Waals surface area (Å²) in [4.78, 5) is 23.0. The van der Waals surface area contributed by atoms with Crippen LogP contribution in [0, 0.1) is 10.1 Å². The van der Waals surface area contributed by atoms with Crippen molar-refractivity contribution in [2.45, 2.75) is 18.9 Å². The van der Waals surface area contributed by atoms with Gasteiger partial charge in [-0.15, -0.1) is 0 Å². The third-order valence-electron chi connectivity index (χ3n) is 3.24. The maximum atomic E-state index is 10.9. The van der Waals surface area contributed by atoms with Crippen molar-refractivity contribution in [3.63, 3.8) is 0 Å². The maximum absolute atomic E-state index is 10.9. The number of aromatic carboxylic acids is 1. The molecule has 1 aromatic rings. The van der Waals surface area contributed by atoms with Gasteiger partial charge in [0.1, 0.15) is 5.56 Å². The average Bonchev–Trinajstić information content (AvgIpc) is 2.38. The number of carbonyl (C=O) groups is 1. The number of nitro groups is 1. The Morgan fingerprint density at radius 1 is 1.37 bits per heavy atom. The molecule has 0 bridgehead atoms. The molecule has 19 heavy (non-hydrogen) atoms. The van der Waals surface area contributed by atoms with Crippen molar-refractivity contribution in [3.8, 4) is 0 Å². The Kier molecular flexibility index (Phi) is 3.66. The van der Waals surface area contributed by atoms with Crippen LogP contribution in [-0.4, -0.2) is 40.3 Å². The zero-order valence-corrected chi connectivity index (χ0v) is 10.2. The third-order valence-corrected chi connectivity index (χ3v) is 3.24. The summed E-state index contributed by atoms with van der Waals surface area (Å²) in [6.07, 6.45) is 0.882. The minimum atomic E-state index is -1.31. The van der Waals surface area contributed by atoms with Gasteiger partial charge in [-0.25, -0.2) is 4.79 Å². The molecule has 1 heterocycles. The molecular formula is C12H14N2O5. The van der Waals surface area contributed by atoms with Crippen molar-refractivity contribution >= 4 is 17.3 Å². The molecule has 0 unspecified atom stereocenters. The van der Waals surface area contributed by atoms with Crippen molar-refractivity contribution in [1.29, 1.82) is 0 Å². The average molecular weight is 266 g/mol. The molecule has 0 atom stereocenters. The standard InChI is InChI=1S/C12H14N2O5/c15-9-3-5-13(6-4-9)8-1-2-10(12(16)17)11(7-8)14(18)19/h1-2,7,9,15H,3-6H2,(H,16,17). The van der Waals surface area contributed by atoms with E-state index in [0.717, 1.165) is 0 Å². The zero-order valence-electron chi connectivity index (χ0n) is 10.2. The molecule has 102 valence electrons. The molecule has 1 aromatic carbocycles. The van der Waals surface area contributed by atoms with Gasteiger partial charge >= 0.3 is 5.97 Å². The minimum absolute atomic E-state index is 0.314. The molecule has 1 fully saturated rings. The molecule has 0 aliphatic carbocycles. The second-order valence-electron chi connectivity index (χ2n) is 4.48. The summed E-state index contributed by atoms with van der Waals surface area (Å²) in [5.41, 5.74) is -0.106. The van der Waals surface area contributed by atoms with E-state index < -0.39 is 16.6 Å². The van der Waals surface area contributed by atoms with Crippen LogP contribution in [0.3, 0.4) is 0 Å². The number of nitro benzene ring substituents is 1. The highest BCUT2D eigenvalue weighted by Gasteiger charge is 2.23. The number of rotatable bonds is 3. The molecular weight excluding hydrogens is 252 g/mol. The number of aliphatic hydroxyl groups excluding tert-OH is 1. The van der Waals surface area contributed by atoms with Gasteiger partial charge in [-0.3, -0.25) is 10.1 Å². The molecule has 0 saturated carbocycles. The molecule has 2 rings (SSSR count). The van der Waals surface area contributed by atoms with Gasteiger partial charge in [-0.05, 0) is 25.0 Å². The van der Waals surface area contributed by atoms with Crippen LogP contribution in [0.4, 0.5) is 11.4 Å². The van der Waals surface area contributed by atoms with Crippen LogP contribution in [0.25, 0.3) is 0 Å². The molecule has 1 saturated heterocycles. The summed E-state index contributed by atoms with van der Waals surface area (Å²) in [7, 11) is 0. The molecule has 0 aromatic heterocycles. The number of anilines is 1. The first-order chi connectivity index (χ1) is 8.99. The van der Waals surface area contributed by atoms with Crippen molar-refractivity contribution in [3.05, 3.63) is 33.9 Å². The number of hydrogen-bond donors (Lipinski definition) is 2. The van der Waals surface area contributed by atoms with Gasteiger partial charge in [0.25, 0.3) is 5.69 Å². The van der Waals surface area contributed by atoms with Gasteiger partial charge in [0.15, 0.2) is 0 Å². The van der Waals surface area contributed by atoms with E-state index in [0.29, 0.717) is 31.6 Å². The monoisotopic (exact) mass is 266 g/mol. The van der Waals surface area contributed by atoms with Crippen LogP contribution >= 0.6 is 0 Å². The second kappa shape index (κ2) is 5.23. The Hall–Kier alpha value is -2.15. The van der Waals surface area contributed by atoms with Gasteiger partial charge in [0, 0.05) is 24.8 Å². The number of carboxylic acids is 1. The van der Waals surface area contributed by atoms with Crippen LogP contribution < -0.4 is 4.90 Å². The molecule has 7 heteroatoms. The fourth-order valence-electron chi connectivity index (χ4n) is 2.17. The number of aliphatic hydroxyl groups is 1. The molecule has 0 radical (unpaired) electrons. The molecule has 2 N–H and O–H groups in total. The van der Waals surface area contributed by atoms with Crippen molar-refractivity contribution in [1.82, 2.24) is 0 Å². The Morgan fingerprint density at radius 3 is 2.53 bits per heavy atom. The summed E-state index contributed by atoms with van der Waals surface area (Å²) >= 11 is 0. The highest BCUT2D eigenvalue weighted by molar-refractivity contribution is 5.93. The van der Waals surface area contributed by atoms with Crippen molar-refractivity contribution < 1.29 is 19.9 Å². The number of hydrogen-bond acceptors (Lipinski definition) is 5. The van der Waals surface area contributed by atoms with Crippen molar-refractivity contribution in [2.24, 2.45) is 0 Å². The number of piperidine rings is 1. The smallest absolute Gasteiger partial charge is 0.342 e. The van der Waals surface area contributed by atoms with Gasteiger partial charge in [-0.2, -0.15) is 0 Å². The van der Waals surface area contributed by atoms with E-state index in [2.05, 4.69) is 0 Å². The Balaban J connectivity index is 2.30. The van der Waals surface area contributed by atoms with Gasteiger partial charge < -0.3 is 15.1 Å². The molecule has 0 spiro atoms. The van der Waals surface area contributed by atoms with Gasteiger partial charge in [0.2, 0.25) is 0 Å². The van der Waals surface area contributed by atoms with Gasteiger partial charge in [0.05, 0.1) is 11.0 Å². The largest absolute Gasteiger partial charge is 0.477 e. The van der Waals surface area contributed by atoms with E-state index in [9.17, 15) is 20.0 Å². The lowest BCUT2D eigenvalue weighted by Crippen LogP contribution is -2.35. The molecule has 0 amide bonds. The van der Waals surface area contributed by atoms with E-state index in [1.807, 2.05) is 4.90 Å². The predicted molar refractivity (Wildman–Crippen MR) is 67.5 cm³/mol. The first kappa shape index (κ1) is 13.3. The number of benzene rings is 1. The summed E-state index contributed by atoms with van der Waals surface area (Å²) in [6.45, 7) is 1.20. The summed E-state index contributed by atoms with van der Waals surface area (Å²) in [5, 5.41) is 29.2. The Labute approximate surface area is 109 Å². The Morgan fingerprint density at radius 2 is 2.00 bits per heavy atom. The lowest BCUT2D eigenvalue weighted by atomic mass is 10.1. The fraction of sp³-hybridized carbons (Fsp3) is 0.417. The van der Waals surface area contributed by atoms with Gasteiger partial charge in [-0.1, -0.05) is 0 Å². The van der Waals surface area contributed by atoms with E-state index in [1.165, 1.54) is 12.1 Å². The zero-order chi connectivity index (χ0) is 14.0. The van der Waals surface area contributed by atoms with Crippen molar-refractivity contribution in [2.75, 3.05) is 18.0 Å². The molecule has 1 aliphatic heterocycles. The summed E-state index contributed by atoms with van der Waals surface area (Å²) in [6, 6.07) is 4.09. The lowest BCUT2D eigenvalue weighted by Gasteiger charge is -2.31. The van der Waals surface area contributed by atoms with Crippen LogP contribution in [-0.2, 0) is 0 Å². The van der Waals surface area contributed by atoms with Crippen LogP contribution in [0.1, 0.15) is 23.2 Å². The van der Waals surface area contributed by atoms with Crippen LogP contribution in [0.2, 0.25) is 0 Å². The topological polar surface area (TPSA) is 104 Å². The molecule has 7 nitrogen and oxygen atoms in total. The quantitative estimate of drug-likeness (QED) is 0.630. The van der Waals surface area contributed by atoms with E-state index in [4.69, 9.17) is 5.11 Å². The Bertz CT molecular complexity index is 509. The first-order valence-electron chi connectivity index (χ1n) is 5.94. The normalized spacial score (nSPS) is 16.4. The summed E-state index contributed by atoms with van der Waals surface area (Å²) in [5.74, 6) is -1.31. The maximum Gasteiger partial charge on any atom is 0.342 e. The van der Waals surface area contributed by atoms with E-state index in [1.54, 1.807) is 6.07 Å². The van der Waals surface area contributed by atoms with Crippen LogP contribution in [0.5, 0.6) is 0 Å². The van der Waals surface area contributed by atoms with E-state index in [-0.39, 0.29) is 11.7 Å². The SMILES string of the molecule is O=C(O)c1ccc(N2CCC(O)CC2)cc1[N+](=O)[O-]. The number of carboxylic acid groups (broad SMARTS) is 1. The van der Waals surface area contributed by atoms with Crippen LogP contribution in [0.15, 0.2) is 18.2 Å². The minimum Gasteiger partial charge on any atom is -0.477 e. The number of nitrogens with zero attached hydrogens (tertiary/aromatic N) is 2. The fourth-order valence-corrected chi connectivity index (χ4v) is 2.17. The summed E-state index contributed by atoms with van der Waals surface area (Å²) < 4.78 is 0. The van der Waals surface area contributed by atoms with E-state index >= 15 is 0 Å². The first-order valence-corrected chi connectivity index (χ1v) is 5.94. The predicted octanol–water partition coefficient (Wildman–Crippen LogP) is 1.25. The highest BCUT2D eigenvalue weighted by Crippen LogP contribution is 2.27. The lowest BCUT2D eigenvalue weighted by molar-refractivity contribution is -0.385. The molecule has 1 aliphatic rings. The highest BCUT2D eigenvalue weighted by atomic mass is 16.6.